The monoisotopic (exact) mass is 549 g/mol. The fourth-order valence-electron chi connectivity index (χ4n) is 4.69. The number of benzene rings is 3. The predicted octanol–water partition coefficient (Wildman–Crippen LogP) is 7.19. The van der Waals surface area contributed by atoms with Gasteiger partial charge in [0.05, 0.1) is 16.7 Å². The summed E-state index contributed by atoms with van der Waals surface area (Å²) >= 11 is 0. The second-order valence-corrected chi connectivity index (χ2v) is 11.5. The molecule has 0 saturated heterocycles. The highest BCUT2D eigenvalue weighted by molar-refractivity contribution is 7.90. The molecule has 1 aliphatic heterocycles. The van der Waals surface area contributed by atoms with Crippen LogP contribution in [-0.4, -0.2) is 24.5 Å². The van der Waals surface area contributed by atoms with Crippen molar-refractivity contribution in [1.29, 1.82) is 0 Å². The van der Waals surface area contributed by atoms with Crippen molar-refractivity contribution in [2.75, 3.05) is 11.2 Å². The third-order valence-electron chi connectivity index (χ3n) is 6.62. The van der Waals surface area contributed by atoms with Crippen LogP contribution in [0.25, 0.3) is 22.4 Å². The van der Waals surface area contributed by atoms with Gasteiger partial charge in [-0.1, -0.05) is 48.5 Å². The van der Waals surface area contributed by atoms with Crippen molar-refractivity contribution in [1.82, 2.24) is 9.78 Å². The molecule has 0 atom stereocenters. The molecule has 9 heteroatoms. The maximum absolute atomic E-state index is 14.0. The minimum Gasteiger partial charge on any atom is -0.317 e. The molecule has 0 N–H and O–H groups in total. The summed E-state index contributed by atoms with van der Waals surface area (Å²) in [5, 5.41) is 4.26. The average Bonchev–Trinajstić information content (AvgIpc) is 3.22. The lowest BCUT2D eigenvalue weighted by Crippen LogP contribution is -2.18. The van der Waals surface area contributed by atoms with Gasteiger partial charge in [0, 0.05) is 48.2 Å². The maximum Gasteiger partial charge on any atom is 0.417 e. The Hall–Kier alpha value is -4.11. The Morgan fingerprint density at radius 2 is 1.64 bits per heavy atom. The smallest absolute Gasteiger partial charge is 0.317 e. The van der Waals surface area contributed by atoms with E-state index < -0.39 is 21.6 Å². The van der Waals surface area contributed by atoms with E-state index in [4.69, 9.17) is 0 Å². The quantitative estimate of drug-likeness (QED) is 0.264. The van der Waals surface area contributed by atoms with Crippen molar-refractivity contribution < 1.29 is 21.6 Å². The van der Waals surface area contributed by atoms with Crippen LogP contribution >= 0.6 is 0 Å². The molecule has 0 radical (unpaired) electrons. The minimum absolute atomic E-state index is 0.0959. The average molecular weight is 550 g/mol. The minimum atomic E-state index is -4.51. The van der Waals surface area contributed by atoms with E-state index in [1.165, 1.54) is 12.1 Å². The Balaban J connectivity index is 1.61. The van der Waals surface area contributed by atoms with Gasteiger partial charge in [-0.15, -0.1) is 0 Å². The van der Waals surface area contributed by atoms with Gasteiger partial charge in [0.2, 0.25) is 0 Å². The summed E-state index contributed by atoms with van der Waals surface area (Å²) in [6, 6.07) is 19.6. The molecule has 0 spiro atoms. The lowest BCUT2D eigenvalue weighted by molar-refractivity contribution is -0.137. The van der Waals surface area contributed by atoms with Crippen LogP contribution in [0.5, 0.6) is 0 Å². The van der Waals surface area contributed by atoms with Gasteiger partial charge in [-0.3, -0.25) is 4.68 Å². The Morgan fingerprint density at radius 1 is 0.897 bits per heavy atom. The molecule has 5 rings (SSSR count). The molecule has 0 saturated carbocycles. The topological polar surface area (TPSA) is 55.2 Å². The molecule has 0 fully saturated rings. The van der Waals surface area contributed by atoms with Crippen LogP contribution in [0.4, 0.5) is 18.9 Å². The van der Waals surface area contributed by atoms with E-state index in [1.54, 1.807) is 40.0 Å². The third-order valence-corrected chi connectivity index (χ3v) is 7.73. The number of rotatable bonds is 5. The first-order valence-corrected chi connectivity index (χ1v) is 14.2. The molecule has 4 aromatic rings. The van der Waals surface area contributed by atoms with Gasteiger partial charge >= 0.3 is 6.18 Å². The number of nitrogens with zero attached hydrogens (tertiary/aromatic N) is 3. The first-order chi connectivity index (χ1) is 18.5. The number of anilines is 1. The van der Waals surface area contributed by atoms with Crippen LogP contribution in [0.1, 0.15) is 29.5 Å². The summed E-state index contributed by atoms with van der Waals surface area (Å²) in [5.74, 6) is 0. The second kappa shape index (κ2) is 10.2. The first kappa shape index (κ1) is 26.5. The third kappa shape index (κ3) is 5.68. The van der Waals surface area contributed by atoms with E-state index in [0.717, 1.165) is 34.6 Å². The second-order valence-electron chi connectivity index (χ2n) is 9.45. The van der Waals surface area contributed by atoms with Gasteiger partial charge in [0.1, 0.15) is 0 Å². The van der Waals surface area contributed by atoms with Crippen LogP contribution in [-0.2, 0) is 23.1 Å². The SMILES string of the molecule is Cn1cc(C2=CN(c3ccc(-c4cccc(S(C)(=O)=O)c4)cc3)C(c3ccccc3C(F)(F)F)=CCC2)cn1. The Labute approximate surface area is 225 Å². The number of allylic oxidation sites excluding steroid dienone is 2. The molecule has 5 nitrogen and oxygen atoms in total. The van der Waals surface area contributed by atoms with E-state index in [0.29, 0.717) is 24.2 Å². The molecule has 0 unspecified atom stereocenters. The molecule has 0 amide bonds. The number of aryl methyl sites for hydroxylation is 1. The highest BCUT2D eigenvalue weighted by Gasteiger charge is 2.35. The number of hydrogen-bond donors (Lipinski definition) is 0. The molecule has 200 valence electrons. The zero-order valence-electron chi connectivity index (χ0n) is 21.4. The van der Waals surface area contributed by atoms with Gasteiger partial charge in [0.15, 0.2) is 9.84 Å². The van der Waals surface area contributed by atoms with E-state index in [9.17, 15) is 21.6 Å². The summed E-state index contributed by atoms with van der Waals surface area (Å²) in [6.45, 7) is 0. The Morgan fingerprint density at radius 3 is 2.31 bits per heavy atom. The van der Waals surface area contributed by atoms with Crippen molar-refractivity contribution in [2.45, 2.75) is 23.9 Å². The maximum atomic E-state index is 14.0. The number of hydrogen-bond acceptors (Lipinski definition) is 4. The predicted molar refractivity (Wildman–Crippen MR) is 147 cm³/mol. The lowest BCUT2D eigenvalue weighted by Gasteiger charge is -2.26. The first-order valence-electron chi connectivity index (χ1n) is 12.3. The molecule has 39 heavy (non-hydrogen) atoms. The highest BCUT2D eigenvalue weighted by atomic mass is 32.2. The molecular weight excluding hydrogens is 523 g/mol. The largest absolute Gasteiger partial charge is 0.417 e. The standard InChI is InChI=1S/C30H26F3N3O2S/c1-35-19-24(18-34-35)23-8-6-12-29(27-10-3-4-11-28(27)30(31,32)33)36(20-23)25-15-13-21(14-16-25)22-7-5-9-26(17-22)39(2,37)38/h3-5,7,9-20H,6,8H2,1-2H3. The summed E-state index contributed by atoms with van der Waals surface area (Å²) < 4.78 is 67.8. The van der Waals surface area contributed by atoms with Gasteiger partial charge in [-0.2, -0.15) is 18.3 Å². The van der Waals surface area contributed by atoms with Crippen molar-refractivity contribution in [3.05, 3.63) is 114 Å². The summed E-state index contributed by atoms with van der Waals surface area (Å²) in [4.78, 5) is 2.01. The number of sulfone groups is 1. The molecule has 2 heterocycles. The van der Waals surface area contributed by atoms with Crippen molar-refractivity contribution in [3.63, 3.8) is 0 Å². The molecule has 0 bridgehead atoms. The van der Waals surface area contributed by atoms with Crippen LogP contribution in [0, 0.1) is 0 Å². The van der Waals surface area contributed by atoms with Gasteiger partial charge in [0.25, 0.3) is 0 Å². The summed E-state index contributed by atoms with van der Waals surface area (Å²) in [7, 11) is -1.55. The number of alkyl halides is 3. The molecule has 0 aliphatic carbocycles. The van der Waals surface area contributed by atoms with E-state index in [2.05, 4.69) is 5.10 Å². The summed E-state index contributed by atoms with van der Waals surface area (Å²) in [5.41, 5.74) is 3.87. The summed E-state index contributed by atoms with van der Waals surface area (Å²) in [6.07, 6.45) is 5.18. The van der Waals surface area contributed by atoms with Crippen LogP contribution < -0.4 is 4.90 Å². The van der Waals surface area contributed by atoms with Crippen molar-refractivity contribution >= 4 is 26.8 Å². The number of aromatic nitrogens is 2. The number of halogens is 3. The van der Waals surface area contributed by atoms with Gasteiger partial charge < -0.3 is 4.90 Å². The fraction of sp³-hybridized carbons (Fsp3) is 0.167. The van der Waals surface area contributed by atoms with E-state index in [-0.39, 0.29) is 10.5 Å². The van der Waals surface area contributed by atoms with Crippen molar-refractivity contribution in [2.24, 2.45) is 7.05 Å². The van der Waals surface area contributed by atoms with Crippen molar-refractivity contribution in [3.8, 4) is 11.1 Å². The van der Waals surface area contributed by atoms with Crippen LogP contribution in [0.15, 0.2) is 102 Å². The normalized spacial score (nSPS) is 14.5. The molecule has 1 aliphatic rings. The highest BCUT2D eigenvalue weighted by Crippen LogP contribution is 2.40. The Bertz CT molecular complexity index is 1680. The lowest BCUT2D eigenvalue weighted by atomic mass is 10.0. The van der Waals surface area contributed by atoms with Crippen LogP contribution in [0.2, 0.25) is 0 Å². The fourth-order valence-corrected chi connectivity index (χ4v) is 5.35. The molecule has 3 aromatic carbocycles. The Kier molecular flexibility index (Phi) is 6.94. The van der Waals surface area contributed by atoms with Crippen LogP contribution in [0.3, 0.4) is 0 Å². The van der Waals surface area contributed by atoms with E-state index in [1.807, 2.05) is 55.9 Å². The van der Waals surface area contributed by atoms with Gasteiger partial charge in [-0.05, 0) is 59.9 Å². The zero-order valence-corrected chi connectivity index (χ0v) is 22.2. The molecular formula is C30H26F3N3O2S. The molecule has 1 aromatic heterocycles. The van der Waals surface area contributed by atoms with E-state index >= 15 is 0 Å². The zero-order chi connectivity index (χ0) is 27.8. The van der Waals surface area contributed by atoms with Gasteiger partial charge in [-0.25, -0.2) is 8.42 Å².